The Morgan fingerprint density at radius 1 is 0.625 bits per heavy atom. The van der Waals surface area contributed by atoms with Crippen LogP contribution in [0, 0.1) is 13.0 Å². The first-order valence-electron chi connectivity index (χ1n) is 15.7. The van der Waals surface area contributed by atoms with Crippen LogP contribution in [0.2, 0.25) is 0 Å². The molecule has 4 aromatic rings. The van der Waals surface area contributed by atoms with Crippen LogP contribution in [0.3, 0.4) is 0 Å². The van der Waals surface area contributed by atoms with E-state index in [1.807, 2.05) is 79.7 Å². The second-order valence-electron chi connectivity index (χ2n) is 10.9. The van der Waals surface area contributed by atoms with Crippen molar-refractivity contribution in [1.82, 2.24) is 0 Å². The topological polar surface area (TPSA) is 75.6 Å². The van der Waals surface area contributed by atoms with E-state index in [0.29, 0.717) is 39.6 Å². The minimum atomic E-state index is -1.69. The number of rotatable bonds is 16. The molecule has 0 amide bonds. The second kappa shape index (κ2) is 26.4. The summed E-state index contributed by atoms with van der Waals surface area (Å²) in [6.45, 7) is 12.1. The molecule has 0 unspecified atom stereocenters. The van der Waals surface area contributed by atoms with E-state index in [2.05, 4.69) is 44.3 Å². The average Bonchev–Trinajstić information content (AvgIpc) is 3.08. The summed E-state index contributed by atoms with van der Waals surface area (Å²) in [6.07, 6.45) is 0. The van der Waals surface area contributed by atoms with Crippen molar-refractivity contribution in [2.45, 2.75) is 13.5 Å². The van der Waals surface area contributed by atoms with Crippen LogP contribution in [-0.2, 0) is 42.0 Å². The minimum Gasteiger partial charge on any atom is -0.504 e. The van der Waals surface area contributed by atoms with Gasteiger partial charge in [-0.1, -0.05) is 24.3 Å². The molecule has 266 valence electrons. The number of benzene rings is 4. The van der Waals surface area contributed by atoms with E-state index in [1.54, 1.807) is 21.3 Å². The fraction of sp³-hybridized carbons (Fsp3) is 0.368. The Balaban J connectivity index is 0.000000902. The van der Waals surface area contributed by atoms with Crippen molar-refractivity contribution in [2.24, 2.45) is 0 Å². The molecule has 4 rings (SSSR count). The van der Waals surface area contributed by atoms with E-state index < -0.39 is 7.92 Å². The summed E-state index contributed by atoms with van der Waals surface area (Å²) in [5.74, 6) is 1.80. The Bertz CT molecular complexity index is 1320. The number of aryl methyl sites for hydroxylation is 1. The molecule has 0 aliphatic rings. The predicted octanol–water partition coefficient (Wildman–Crippen LogP) is 5.98. The van der Waals surface area contributed by atoms with Gasteiger partial charge in [0.25, 0.3) is 0 Å². The summed E-state index contributed by atoms with van der Waals surface area (Å²) < 4.78 is 33.2. The average molecular weight is 742 g/mol. The molecule has 4 aromatic carbocycles. The molecule has 7 nitrogen and oxygen atoms in total. The van der Waals surface area contributed by atoms with Gasteiger partial charge in [0.1, 0.15) is 23.8 Å². The molecule has 0 saturated carbocycles. The van der Waals surface area contributed by atoms with Crippen LogP contribution in [-0.4, -0.2) is 86.1 Å². The first kappa shape index (κ1) is 43.5. The van der Waals surface area contributed by atoms with Gasteiger partial charge in [0.15, 0.2) is 17.2 Å². The molecule has 0 fully saturated rings. The van der Waals surface area contributed by atoms with Crippen LogP contribution in [0.1, 0.15) is 11.1 Å². The van der Waals surface area contributed by atoms with Crippen molar-refractivity contribution in [3.63, 3.8) is 0 Å². The molecular weight excluding hydrogens is 689 g/mol. The third-order valence-corrected chi connectivity index (χ3v) is 9.22. The van der Waals surface area contributed by atoms with Crippen LogP contribution in [0.15, 0.2) is 91.0 Å². The van der Waals surface area contributed by atoms with Gasteiger partial charge >= 0.3 is 0 Å². The van der Waals surface area contributed by atoms with E-state index in [-0.39, 0.29) is 36.8 Å². The monoisotopic (exact) mass is 741 g/mol. The predicted molar refractivity (Wildman–Crippen MR) is 201 cm³/mol. The Morgan fingerprint density at radius 3 is 1.54 bits per heavy atom. The van der Waals surface area contributed by atoms with Crippen LogP contribution in [0.25, 0.3) is 0 Å². The van der Waals surface area contributed by atoms with Crippen LogP contribution in [0.5, 0.6) is 17.2 Å². The summed E-state index contributed by atoms with van der Waals surface area (Å²) >= 11 is 0. The number of methoxy groups -OCH3 is 3. The van der Waals surface area contributed by atoms with Crippen LogP contribution in [0.4, 0.5) is 0 Å². The summed E-state index contributed by atoms with van der Waals surface area (Å²) in [6, 6.07) is 32.5. The SMILES string of the molecule is COCCOCCOCCOCc1cc(C)cc([PH+](c2ccccc2OC)c2ccccc2OC)c1O.C[PH+](C)C.[Ni].[c-]1ccccc1. The first-order valence-corrected chi connectivity index (χ1v) is 20.2. The van der Waals surface area contributed by atoms with E-state index in [1.165, 1.54) is 0 Å². The van der Waals surface area contributed by atoms with Crippen molar-refractivity contribution in [3.8, 4) is 17.2 Å². The molecule has 0 spiro atoms. The quantitative estimate of drug-likeness (QED) is 0.0656. The van der Waals surface area contributed by atoms with Crippen molar-refractivity contribution in [1.29, 1.82) is 0 Å². The molecule has 0 radical (unpaired) electrons. The van der Waals surface area contributed by atoms with Gasteiger partial charge in [0.05, 0.1) is 60.5 Å². The summed E-state index contributed by atoms with van der Waals surface area (Å²) in [4.78, 5) is 0. The van der Waals surface area contributed by atoms with Gasteiger partial charge in [0, 0.05) is 49.2 Å². The molecule has 10 heteroatoms. The van der Waals surface area contributed by atoms with Gasteiger partial charge < -0.3 is 33.5 Å². The van der Waals surface area contributed by atoms with E-state index in [4.69, 9.17) is 28.4 Å². The third kappa shape index (κ3) is 16.2. The molecule has 0 heterocycles. The van der Waals surface area contributed by atoms with Crippen LogP contribution >= 0.6 is 15.8 Å². The van der Waals surface area contributed by atoms with Crippen LogP contribution < -0.4 is 25.4 Å². The Kier molecular flexibility index (Phi) is 23.9. The van der Waals surface area contributed by atoms with E-state index in [0.717, 1.165) is 38.5 Å². The molecule has 0 aromatic heterocycles. The number of hydrogen-bond donors (Lipinski definition) is 1. The molecule has 0 saturated heterocycles. The first-order chi connectivity index (χ1) is 22.8. The van der Waals surface area contributed by atoms with Crippen molar-refractivity contribution in [3.05, 3.63) is 108 Å². The maximum atomic E-state index is 11.5. The maximum absolute atomic E-state index is 11.5. The van der Waals surface area contributed by atoms with Crippen molar-refractivity contribution in [2.75, 3.05) is 81.0 Å². The number of para-hydroxylation sites is 2. The van der Waals surface area contributed by atoms with E-state index in [9.17, 15) is 5.11 Å². The smallest absolute Gasteiger partial charge is 0.164 e. The number of phenols is 1. The van der Waals surface area contributed by atoms with Gasteiger partial charge in [-0.3, -0.25) is 0 Å². The zero-order valence-corrected chi connectivity index (χ0v) is 32.3. The Morgan fingerprint density at radius 2 is 1.10 bits per heavy atom. The standard InChI is InChI=1S/C29H37O7P.C6H5.C3H9P.Ni/c1-22-19-23(21-36-18-17-35-16-15-34-14-13-31-2)29(30)28(20-22)37(26-11-7-5-9-24(26)32-3)27-12-8-6-10-25(27)33-4;1-2-4-6-5-3-1;1-4(2)3;/h5-12,19-20,30H,13-18,21H2,1-4H3;1-5H;1-3H3;/q;-1;;/p+2. The second-order valence-corrected chi connectivity index (χ2v) is 16.3. The van der Waals surface area contributed by atoms with Gasteiger partial charge in [0.2, 0.25) is 0 Å². The fourth-order valence-electron chi connectivity index (χ4n) is 4.40. The Hall–Kier alpha value is -2.53. The van der Waals surface area contributed by atoms with Crippen molar-refractivity contribution >= 4 is 31.8 Å². The normalized spacial score (nSPS) is 10.4. The number of ether oxygens (including phenoxy) is 6. The number of aromatic hydroxyl groups is 1. The molecular formula is C38H53NiO7P2+. The molecule has 1 N–H and O–H groups in total. The van der Waals surface area contributed by atoms with Gasteiger partial charge in [-0.15, -0.1) is 0 Å². The van der Waals surface area contributed by atoms with Gasteiger partial charge in [-0.05, 0) is 56.8 Å². The molecule has 48 heavy (non-hydrogen) atoms. The molecule has 0 aliphatic carbocycles. The van der Waals surface area contributed by atoms with Crippen molar-refractivity contribution < 1.29 is 50.0 Å². The third-order valence-electron chi connectivity index (χ3n) is 6.40. The van der Waals surface area contributed by atoms with E-state index >= 15 is 0 Å². The fourth-order valence-corrected chi connectivity index (χ4v) is 7.43. The largest absolute Gasteiger partial charge is 0.504 e. The summed E-state index contributed by atoms with van der Waals surface area (Å²) in [7, 11) is 3.42. The zero-order chi connectivity index (χ0) is 34.3. The summed E-state index contributed by atoms with van der Waals surface area (Å²) in [5.41, 5.74) is 1.79. The zero-order valence-electron chi connectivity index (χ0n) is 29.3. The summed E-state index contributed by atoms with van der Waals surface area (Å²) in [5, 5.41) is 14.4. The Labute approximate surface area is 300 Å². The minimum absolute atomic E-state index is 0. The van der Waals surface area contributed by atoms with Gasteiger partial charge in [-0.25, -0.2) is 0 Å². The molecule has 0 aliphatic heterocycles. The molecule has 0 atom stereocenters. The molecule has 0 bridgehead atoms. The number of hydrogen-bond acceptors (Lipinski definition) is 7. The number of phenolic OH excluding ortho intramolecular Hbond substituents is 1. The van der Waals surface area contributed by atoms with Gasteiger partial charge in [-0.2, -0.15) is 36.4 Å². The maximum Gasteiger partial charge on any atom is 0.164 e.